The van der Waals surface area contributed by atoms with Gasteiger partial charge >= 0.3 is 5.88 Å². The zero-order valence-corrected chi connectivity index (χ0v) is 17.6. The zero-order valence-electron chi connectivity index (χ0n) is 16.8. The van der Waals surface area contributed by atoms with E-state index in [-0.39, 0.29) is 5.88 Å². The number of nitrogens with two attached hydrogens (primary N) is 1. The molecule has 3 aromatic heterocycles. The average Bonchev–Trinajstić information content (AvgIpc) is 3.47. The summed E-state index contributed by atoms with van der Waals surface area (Å²) in [6.45, 7) is 0. The third-order valence-electron chi connectivity index (χ3n) is 6.15. The lowest BCUT2D eigenvalue weighted by molar-refractivity contribution is -0.765. The Balaban J connectivity index is 1.33. The molecule has 1 aromatic carbocycles. The molecule has 1 atom stereocenters. The van der Waals surface area contributed by atoms with Gasteiger partial charge in [-0.25, -0.2) is 9.98 Å². The topological polar surface area (TPSA) is 104 Å². The number of aromatic nitrogens is 3. The fourth-order valence-corrected chi connectivity index (χ4v) is 5.30. The number of hydrogen-bond donors (Lipinski definition) is 1. The minimum Gasteiger partial charge on any atom is -0.857 e. The quantitative estimate of drug-likeness (QED) is 0.304. The first-order chi connectivity index (χ1) is 15.2. The van der Waals surface area contributed by atoms with E-state index in [2.05, 4.69) is 40.6 Å². The fraction of sp³-hybridized carbons (Fsp3) is 0.304. The Morgan fingerprint density at radius 2 is 2.06 bits per heavy atom. The maximum absolute atomic E-state index is 12.8. The van der Waals surface area contributed by atoms with Crippen molar-refractivity contribution in [1.82, 2.24) is 10.3 Å². The average molecular weight is 432 g/mol. The summed E-state index contributed by atoms with van der Waals surface area (Å²) in [5, 5.41) is 17.6. The summed E-state index contributed by atoms with van der Waals surface area (Å²) in [4.78, 5) is 10.1. The lowest BCUT2D eigenvalue weighted by Crippen LogP contribution is -2.32. The molecular weight excluding hydrogens is 410 g/mol. The van der Waals surface area contributed by atoms with E-state index in [1.807, 2.05) is 6.07 Å². The highest BCUT2D eigenvalue weighted by atomic mass is 32.1. The molecule has 8 heteroatoms. The van der Waals surface area contributed by atoms with Crippen molar-refractivity contribution in [3.8, 4) is 0 Å². The normalized spacial score (nSPS) is 19.0. The van der Waals surface area contributed by atoms with Crippen LogP contribution >= 0.6 is 11.3 Å². The standard InChI is InChI=1S/C23H21N5O2S/c24-20-17-11-15-10-14(13-4-2-1-3-5-13)6-9-18(15)25-23(17)31-21(20)22(29)26-19-12-28(27-30-19)16-7-8-16/h1-5,11-12,14,16H,6-10H2,(H2-,24,26,27,29). The molecule has 31 heavy (non-hydrogen) atoms. The van der Waals surface area contributed by atoms with Crippen molar-refractivity contribution >= 4 is 39.0 Å². The van der Waals surface area contributed by atoms with Gasteiger partial charge < -0.3 is 10.8 Å². The summed E-state index contributed by atoms with van der Waals surface area (Å²) >= 11 is 1.30. The van der Waals surface area contributed by atoms with Gasteiger partial charge in [-0.2, -0.15) is 0 Å². The SMILES string of the molecule is Nc1c(/C([O-])=N/c2c[n+](C3CC3)no2)sc2nc3c(cc12)CC(c1ccccc1)CC3. The Labute approximate surface area is 182 Å². The number of fused-ring (bicyclic) bond motifs is 2. The summed E-state index contributed by atoms with van der Waals surface area (Å²) in [5.41, 5.74) is 10.5. The van der Waals surface area contributed by atoms with Crippen molar-refractivity contribution in [3.63, 3.8) is 0 Å². The molecule has 2 aliphatic rings. The van der Waals surface area contributed by atoms with E-state index in [4.69, 9.17) is 15.2 Å². The molecule has 1 unspecified atom stereocenters. The maximum atomic E-state index is 12.8. The first-order valence-corrected chi connectivity index (χ1v) is 11.4. The van der Waals surface area contributed by atoms with Crippen LogP contribution in [0.5, 0.6) is 0 Å². The van der Waals surface area contributed by atoms with Gasteiger partial charge in [-0.15, -0.1) is 11.3 Å². The Bertz CT molecular complexity index is 1310. The largest absolute Gasteiger partial charge is 0.857 e. The summed E-state index contributed by atoms with van der Waals surface area (Å²) in [6, 6.07) is 13.1. The number of hydrogen-bond acceptors (Lipinski definition) is 7. The van der Waals surface area contributed by atoms with Gasteiger partial charge in [0.2, 0.25) is 5.27 Å². The number of anilines is 1. The van der Waals surface area contributed by atoms with E-state index in [1.54, 1.807) is 10.9 Å². The summed E-state index contributed by atoms with van der Waals surface area (Å²) < 4.78 is 6.90. The van der Waals surface area contributed by atoms with E-state index in [0.29, 0.717) is 22.5 Å². The van der Waals surface area contributed by atoms with Gasteiger partial charge in [0, 0.05) is 29.8 Å². The van der Waals surface area contributed by atoms with Crippen LogP contribution in [0.4, 0.5) is 11.6 Å². The van der Waals surface area contributed by atoms with E-state index in [9.17, 15) is 5.11 Å². The molecule has 156 valence electrons. The van der Waals surface area contributed by atoms with E-state index in [0.717, 1.165) is 48.0 Å². The Morgan fingerprint density at radius 1 is 1.23 bits per heavy atom. The predicted octanol–water partition coefficient (Wildman–Crippen LogP) is 3.20. The number of nitrogen functional groups attached to an aromatic ring is 1. The number of aryl methyl sites for hydroxylation is 1. The molecule has 0 bridgehead atoms. The van der Waals surface area contributed by atoms with Gasteiger partial charge in [-0.1, -0.05) is 30.3 Å². The second kappa shape index (κ2) is 7.16. The van der Waals surface area contributed by atoms with Gasteiger partial charge in [0.15, 0.2) is 6.04 Å². The minimum atomic E-state index is -0.417. The molecule has 1 fully saturated rings. The van der Waals surface area contributed by atoms with Gasteiger partial charge in [0.1, 0.15) is 4.83 Å². The number of nitrogens with zero attached hydrogens (tertiary/aromatic N) is 4. The van der Waals surface area contributed by atoms with Crippen LogP contribution in [-0.2, 0) is 12.8 Å². The van der Waals surface area contributed by atoms with Crippen LogP contribution in [0.1, 0.15) is 52.9 Å². The lowest BCUT2D eigenvalue weighted by atomic mass is 9.82. The van der Waals surface area contributed by atoms with Crippen LogP contribution in [0, 0.1) is 0 Å². The Morgan fingerprint density at radius 3 is 2.87 bits per heavy atom. The molecule has 1 saturated carbocycles. The van der Waals surface area contributed by atoms with E-state index >= 15 is 0 Å². The van der Waals surface area contributed by atoms with E-state index in [1.165, 1.54) is 22.5 Å². The van der Waals surface area contributed by atoms with Crippen molar-refractivity contribution in [2.24, 2.45) is 4.99 Å². The summed E-state index contributed by atoms with van der Waals surface area (Å²) in [5.74, 6) is 0.264. The van der Waals surface area contributed by atoms with Crippen LogP contribution < -0.4 is 15.5 Å². The van der Waals surface area contributed by atoms with Gasteiger partial charge in [0.25, 0.3) is 6.20 Å². The number of benzene rings is 1. The number of pyridine rings is 1. The highest BCUT2D eigenvalue weighted by molar-refractivity contribution is 7.21. The van der Waals surface area contributed by atoms with Crippen LogP contribution in [0.3, 0.4) is 0 Å². The van der Waals surface area contributed by atoms with Crippen molar-refractivity contribution < 1.29 is 14.3 Å². The highest BCUT2D eigenvalue weighted by Gasteiger charge is 2.35. The van der Waals surface area contributed by atoms with E-state index < -0.39 is 5.90 Å². The van der Waals surface area contributed by atoms with Gasteiger partial charge in [-0.05, 0) is 47.1 Å². The summed E-state index contributed by atoms with van der Waals surface area (Å²) in [6.07, 6.45) is 6.76. The highest BCUT2D eigenvalue weighted by Crippen LogP contribution is 2.38. The molecule has 0 saturated heterocycles. The molecular formula is C23H21N5O2S. The van der Waals surface area contributed by atoms with Crippen LogP contribution in [0.2, 0.25) is 0 Å². The zero-order chi connectivity index (χ0) is 20.9. The number of aliphatic imine (C=N–C) groups is 1. The monoisotopic (exact) mass is 431 g/mol. The van der Waals surface area contributed by atoms with Crippen LogP contribution in [0.15, 0.2) is 52.1 Å². The first-order valence-electron chi connectivity index (χ1n) is 10.6. The second-order valence-electron chi connectivity index (χ2n) is 8.31. The summed E-state index contributed by atoms with van der Waals surface area (Å²) in [7, 11) is 0. The third kappa shape index (κ3) is 3.37. The number of rotatable bonds is 4. The van der Waals surface area contributed by atoms with Crippen molar-refractivity contribution in [2.45, 2.75) is 44.1 Å². The molecule has 6 rings (SSSR count). The Kier molecular flexibility index (Phi) is 4.27. The van der Waals surface area contributed by atoms with Gasteiger partial charge in [-0.3, -0.25) is 4.52 Å². The smallest absolute Gasteiger partial charge is 0.320 e. The Hall–Kier alpha value is -3.26. The molecule has 0 radical (unpaired) electrons. The molecule has 3 heterocycles. The molecule has 7 nitrogen and oxygen atoms in total. The van der Waals surface area contributed by atoms with Crippen molar-refractivity contribution in [1.29, 1.82) is 0 Å². The third-order valence-corrected chi connectivity index (χ3v) is 7.26. The molecule has 4 aromatic rings. The maximum Gasteiger partial charge on any atom is 0.320 e. The second-order valence-corrected chi connectivity index (χ2v) is 9.31. The molecule has 0 aliphatic heterocycles. The van der Waals surface area contributed by atoms with Crippen LogP contribution in [0.25, 0.3) is 10.2 Å². The number of thiophene rings is 1. The molecule has 2 N–H and O–H groups in total. The minimum absolute atomic E-state index is 0.201. The molecule has 0 spiro atoms. The fourth-order valence-electron chi connectivity index (χ4n) is 4.32. The van der Waals surface area contributed by atoms with Crippen molar-refractivity contribution in [3.05, 3.63) is 64.3 Å². The predicted molar refractivity (Wildman–Crippen MR) is 116 cm³/mol. The first kappa shape index (κ1) is 18.5. The molecule has 2 aliphatic carbocycles. The van der Waals surface area contributed by atoms with Crippen molar-refractivity contribution in [2.75, 3.05) is 5.73 Å². The van der Waals surface area contributed by atoms with Gasteiger partial charge in [0.05, 0.1) is 10.6 Å². The van der Waals surface area contributed by atoms with Crippen LogP contribution in [-0.4, -0.2) is 16.2 Å². The molecule has 0 amide bonds. The lowest BCUT2D eigenvalue weighted by Gasteiger charge is -2.24.